The maximum atomic E-state index is 12.3. The van der Waals surface area contributed by atoms with Gasteiger partial charge in [-0.3, -0.25) is 0 Å². The molecule has 0 aliphatic carbocycles. The highest BCUT2D eigenvalue weighted by atomic mass is 32.2. The molecule has 1 unspecified atom stereocenters. The second kappa shape index (κ2) is 6.14. The van der Waals surface area contributed by atoms with E-state index in [1.54, 1.807) is 18.2 Å². The highest BCUT2D eigenvalue weighted by Gasteiger charge is 2.24. The van der Waals surface area contributed by atoms with Gasteiger partial charge >= 0.3 is 0 Å². The first kappa shape index (κ1) is 17.0. The summed E-state index contributed by atoms with van der Waals surface area (Å²) in [6, 6.07) is 7.03. The quantitative estimate of drug-likeness (QED) is 0.877. The van der Waals surface area contributed by atoms with E-state index in [1.807, 2.05) is 19.9 Å². The number of hydrogen-bond acceptors (Lipinski definition) is 3. The normalized spacial score (nSPS) is 14.3. The van der Waals surface area contributed by atoms with Crippen LogP contribution in [0.25, 0.3) is 0 Å². The molecular formula is C15H26N2O2S. The first-order chi connectivity index (χ1) is 9.04. The lowest BCUT2D eigenvalue weighted by molar-refractivity contribution is 0.359. The summed E-state index contributed by atoms with van der Waals surface area (Å²) in [7, 11) is -3.49. The molecule has 0 heterocycles. The molecule has 0 saturated carbocycles. The van der Waals surface area contributed by atoms with Crippen molar-refractivity contribution in [3.63, 3.8) is 0 Å². The fourth-order valence-electron chi connectivity index (χ4n) is 1.64. The van der Waals surface area contributed by atoms with Crippen LogP contribution in [0.5, 0.6) is 0 Å². The van der Waals surface area contributed by atoms with Gasteiger partial charge < -0.3 is 5.32 Å². The zero-order valence-electron chi connectivity index (χ0n) is 13.2. The summed E-state index contributed by atoms with van der Waals surface area (Å²) in [5.74, 6) is 0. The van der Waals surface area contributed by atoms with Crippen LogP contribution in [0.3, 0.4) is 0 Å². The van der Waals surface area contributed by atoms with Gasteiger partial charge in [-0.25, -0.2) is 13.1 Å². The standard InChI is InChI=1S/C15H26N2O2S/c1-11(2)17-20(18,19)14-10-8-7-9-13(14)16-12(3)15(4,5)6/h7-12,16-17H,1-6H3. The minimum atomic E-state index is -3.49. The van der Waals surface area contributed by atoms with Crippen molar-refractivity contribution in [2.45, 2.75) is 58.5 Å². The van der Waals surface area contributed by atoms with Crippen LogP contribution in [0.15, 0.2) is 29.2 Å². The topological polar surface area (TPSA) is 58.2 Å². The SMILES string of the molecule is CC(C)NS(=O)(=O)c1ccccc1NC(C)C(C)(C)C. The molecule has 1 rings (SSSR count). The third-order valence-corrected chi connectivity index (χ3v) is 4.96. The van der Waals surface area contributed by atoms with E-state index < -0.39 is 10.0 Å². The van der Waals surface area contributed by atoms with Crippen molar-refractivity contribution < 1.29 is 8.42 Å². The minimum Gasteiger partial charge on any atom is -0.381 e. The van der Waals surface area contributed by atoms with Gasteiger partial charge in [0.1, 0.15) is 4.90 Å². The molecule has 0 fully saturated rings. The summed E-state index contributed by atoms with van der Waals surface area (Å²) < 4.78 is 27.3. The lowest BCUT2D eigenvalue weighted by Crippen LogP contribution is -2.33. The number of sulfonamides is 1. The molecular weight excluding hydrogens is 272 g/mol. The number of anilines is 1. The van der Waals surface area contributed by atoms with E-state index in [0.29, 0.717) is 10.6 Å². The van der Waals surface area contributed by atoms with Gasteiger partial charge in [-0.1, -0.05) is 32.9 Å². The smallest absolute Gasteiger partial charge is 0.242 e. The third-order valence-electron chi connectivity index (χ3n) is 3.24. The predicted octanol–water partition coefficient (Wildman–Crippen LogP) is 3.22. The van der Waals surface area contributed by atoms with Crippen LogP contribution in [0.4, 0.5) is 5.69 Å². The molecule has 0 aromatic heterocycles. The first-order valence-corrected chi connectivity index (χ1v) is 8.40. The number of nitrogens with one attached hydrogen (secondary N) is 2. The van der Waals surface area contributed by atoms with Crippen LogP contribution >= 0.6 is 0 Å². The Hall–Kier alpha value is -1.07. The molecule has 2 N–H and O–H groups in total. The molecule has 114 valence electrons. The number of benzene rings is 1. The molecule has 0 bridgehead atoms. The van der Waals surface area contributed by atoms with Crippen molar-refractivity contribution in [3.8, 4) is 0 Å². The van der Waals surface area contributed by atoms with Crippen molar-refractivity contribution >= 4 is 15.7 Å². The van der Waals surface area contributed by atoms with Crippen LogP contribution < -0.4 is 10.0 Å². The van der Waals surface area contributed by atoms with Gasteiger partial charge in [0.25, 0.3) is 0 Å². The number of hydrogen-bond donors (Lipinski definition) is 2. The van der Waals surface area contributed by atoms with Crippen LogP contribution in [-0.4, -0.2) is 20.5 Å². The molecule has 0 amide bonds. The highest BCUT2D eigenvalue weighted by Crippen LogP contribution is 2.27. The molecule has 4 nitrogen and oxygen atoms in total. The zero-order chi connectivity index (χ0) is 15.6. The summed E-state index contributed by atoms with van der Waals surface area (Å²) in [6.45, 7) is 12.0. The number of para-hydroxylation sites is 1. The third kappa shape index (κ3) is 4.49. The van der Waals surface area contributed by atoms with Crippen LogP contribution in [0.2, 0.25) is 0 Å². The lowest BCUT2D eigenvalue weighted by Gasteiger charge is -2.29. The average Bonchev–Trinajstić information content (AvgIpc) is 2.26. The summed E-state index contributed by atoms with van der Waals surface area (Å²) >= 11 is 0. The monoisotopic (exact) mass is 298 g/mol. The maximum absolute atomic E-state index is 12.3. The average molecular weight is 298 g/mol. The van der Waals surface area contributed by atoms with Gasteiger partial charge in [-0.15, -0.1) is 0 Å². The predicted molar refractivity (Wildman–Crippen MR) is 84.4 cm³/mol. The Labute approximate surface area is 123 Å². The van der Waals surface area contributed by atoms with E-state index in [1.165, 1.54) is 0 Å². The summed E-state index contributed by atoms with van der Waals surface area (Å²) in [5.41, 5.74) is 0.686. The Bertz CT molecular complexity index is 545. The molecule has 1 aromatic carbocycles. The Morgan fingerprint density at radius 3 is 2.10 bits per heavy atom. The maximum Gasteiger partial charge on any atom is 0.242 e. The second-order valence-corrected chi connectivity index (χ2v) is 8.19. The summed E-state index contributed by atoms with van der Waals surface area (Å²) in [5, 5.41) is 3.31. The van der Waals surface area contributed by atoms with Crippen LogP contribution in [0.1, 0.15) is 41.5 Å². The van der Waals surface area contributed by atoms with Crippen molar-refractivity contribution in [1.82, 2.24) is 4.72 Å². The van der Waals surface area contributed by atoms with Crippen LogP contribution in [0, 0.1) is 5.41 Å². The first-order valence-electron chi connectivity index (χ1n) is 6.92. The Morgan fingerprint density at radius 1 is 1.05 bits per heavy atom. The number of rotatable bonds is 5. The van der Waals surface area contributed by atoms with Gasteiger partial charge in [-0.2, -0.15) is 0 Å². The highest BCUT2D eigenvalue weighted by molar-refractivity contribution is 7.89. The Morgan fingerprint density at radius 2 is 1.60 bits per heavy atom. The molecule has 1 aromatic rings. The second-order valence-electron chi connectivity index (χ2n) is 6.50. The van der Waals surface area contributed by atoms with E-state index in [9.17, 15) is 8.42 Å². The van der Waals surface area contributed by atoms with Crippen molar-refractivity contribution in [2.24, 2.45) is 5.41 Å². The van der Waals surface area contributed by atoms with E-state index in [-0.39, 0.29) is 17.5 Å². The van der Waals surface area contributed by atoms with E-state index in [2.05, 4.69) is 37.7 Å². The summed E-state index contributed by atoms with van der Waals surface area (Å²) in [6.07, 6.45) is 0. The molecule has 5 heteroatoms. The van der Waals surface area contributed by atoms with Gasteiger partial charge in [0.2, 0.25) is 10.0 Å². The molecule has 0 spiro atoms. The molecule has 0 saturated heterocycles. The molecule has 0 radical (unpaired) electrons. The molecule has 1 atom stereocenters. The Kier molecular flexibility index (Phi) is 5.21. The lowest BCUT2D eigenvalue weighted by atomic mass is 9.88. The van der Waals surface area contributed by atoms with Crippen molar-refractivity contribution in [2.75, 3.05) is 5.32 Å². The van der Waals surface area contributed by atoms with Gasteiger partial charge in [0.15, 0.2) is 0 Å². The van der Waals surface area contributed by atoms with E-state index >= 15 is 0 Å². The van der Waals surface area contributed by atoms with E-state index in [4.69, 9.17) is 0 Å². The van der Waals surface area contributed by atoms with Crippen molar-refractivity contribution in [1.29, 1.82) is 0 Å². The van der Waals surface area contributed by atoms with Gasteiger partial charge in [0.05, 0.1) is 5.69 Å². The molecule has 0 aliphatic rings. The summed E-state index contributed by atoms with van der Waals surface area (Å²) in [4.78, 5) is 0.296. The van der Waals surface area contributed by atoms with E-state index in [0.717, 1.165) is 0 Å². The molecule has 20 heavy (non-hydrogen) atoms. The largest absolute Gasteiger partial charge is 0.381 e. The minimum absolute atomic E-state index is 0.0440. The van der Waals surface area contributed by atoms with Gasteiger partial charge in [-0.05, 0) is 38.3 Å². The molecule has 0 aliphatic heterocycles. The Balaban J connectivity index is 3.12. The van der Waals surface area contributed by atoms with Crippen LogP contribution in [-0.2, 0) is 10.0 Å². The zero-order valence-corrected chi connectivity index (χ0v) is 14.0. The fourth-order valence-corrected chi connectivity index (χ4v) is 3.07. The fraction of sp³-hybridized carbons (Fsp3) is 0.600. The van der Waals surface area contributed by atoms with Crippen molar-refractivity contribution in [3.05, 3.63) is 24.3 Å². The van der Waals surface area contributed by atoms with Gasteiger partial charge in [0, 0.05) is 12.1 Å².